The second-order valence-corrected chi connectivity index (χ2v) is 9.94. The predicted molar refractivity (Wildman–Crippen MR) is 173 cm³/mol. The maximum Gasteiger partial charge on any atom is 0.227 e. The SMILES string of the molecule is CC/C=C\C/C=C\C/C=C\C/C=C\C/C=C\CCCC(=O)NCCNC(=O)[C@@H](C)c1ccc2cc(OC)ccc2c1. The van der Waals surface area contributed by atoms with E-state index in [-0.39, 0.29) is 17.7 Å². The van der Waals surface area contributed by atoms with Gasteiger partial charge in [0.05, 0.1) is 13.0 Å². The Bertz CT molecular complexity index is 1210. The van der Waals surface area contributed by atoms with E-state index in [0.29, 0.717) is 19.5 Å². The highest BCUT2D eigenvalue weighted by Gasteiger charge is 2.15. The van der Waals surface area contributed by atoms with E-state index in [4.69, 9.17) is 4.74 Å². The van der Waals surface area contributed by atoms with Crippen LogP contribution in [0.25, 0.3) is 10.8 Å². The van der Waals surface area contributed by atoms with Crippen LogP contribution in [0.2, 0.25) is 0 Å². The van der Waals surface area contributed by atoms with Crippen molar-refractivity contribution in [2.45, 2.75) is 71.1 Å². The maximum atomic E-state index is 12.6. The Labute approximate surface area is 247 Å². The molecule has 41 heavy (non-hydrogen) atoms. The molecule has 5 nitrogen and oxygen atoms in total. The molecule has 0 bridgehead atoms. The highest BCUT2D eigenvalue weighted by molar-refractivity contribution is 5.88. The molecule has 0 aliphatic heterocycles. The number of carbonyl (C=O) groups excluding carboxylic acids is 2. The van der Waals surface area contributed by atoms with E-state index in [0.717, 1.165) is 67.0 Å². The number of ether oxygens (including phenoxy) is 1. The Morgan fingerprint density at radius 2 is 1.32 bits per heavy atom. The van der Waals surface area contributed by atoms with Crippen molar-refractivity contribution in [3.05, 3.63) is 103 Å². The second kappa shape index (κ2) is 21.0. The van der Waals surface area contributed by atoms with Gasteiger partial charge in [-0.15, -0.1) is 0 Å². The predicted octanol–water partition coefficient (Wildman–Crippen LogP) is 8.11. The summed E-state index contributed by atoms with van der Waals surface area (Å²) in [7, 11) is 1.65. The number of nitrogens with one attached hydrogen (secondary N) is 2. The molecular formula is C36H48N2O3. The second-order valence-electron chi connectivity index (χ2n) is 9.94. The number of methoxy groups -OCH3 is 1. The van der Waals surface area contributed by atoms with Gasteiger partial charge in [0.15, 0.2) is 0 Å². The van der Waals surface area contributed by atoms with Crippen LogP contribution in [-0.4, -0.2) is 32.0 Å². The molecule has 2 rings (SSSR count). The molecule has 0 heterocycles. The van der Waals surface area contributed by atoms with Gasteiger partial charge in [-0.3, -0.25) is 9.59 Å². The molecular weight excluding hydrogens is 508 g/mol. The Balaban J connectivity index is 1.50. The summed E-state index contributed by atoms with van der Waals surface area (Å²) < 4.78 is 5.28. The maximum absolute atomic E-state index is 12.6. The molecule has 0 aliphatic carbocycles. The van der Waals surface area contributed by atoms with Crippen LogP contribution in [0.1, 0.15) is 76.7 Å². The molecule has 0 aliphatic rings. The van der Waals surface area contributed by atoms with Crippen molar-refractivity contribution in [3.8, 4) is 5.75 Å². The van der Waals surface area contributed by atoms with Crippen molar-refractivity contribution in [1.82, 2.24) is 10.6 Å². The van der Waals surface area contributed by atoms with Gasteiger partial charge in [-0.05, 0) is 80.3 Å². The number of carbonyl (C=O) groups is 2. The molecule has 0 unspecified atom stereocenters. The van der Waals surface area contributed by atoms with E-state index in [2.05, 4.69) is 78.3 Å². The summed E-state index contributed by atoms with van der Waals surface area (Å²) in [5.74, 6) is 0.503. The van der Waals surface area contributed by atoms with Crippen LogP contribution in [0.15, 0.2) is 97.2 Å². The summed E-state index contributed by atoms with van der Waals surface area (Å²) in [5, 5.41) is 7.96. The number of amides is 2. The first-order valence-corrected chi connectivity index (χ1v) is 14.9. The summed E-state index contributed by atoms with van der Waals surface area (Å²) >= 11 is 0. The Hall–Kier alpha value is -3.86. The molecule has 0 saturated carbocycles. The van der Waals surface area contributed by atoms with E-state index in [1.54, 1.807) is 7.11 Å². The Morgan fingerprint density at radius 3 is 1.95 bits per heavy atom. The number of fused-ring (bicyclic) bond motifs is 1. The average Bonchev–Trinajstić information content (AvgIpc) is 2.99. The van der Waals surface area contributed by atoms with Crippen molar-refractivity contribution >= 4 is 22.6 Å². The molecule has 0 spiro atoms. The molecule has 2 aromatic rings. The molecule has 2 N–H and O–H groups in total. The molecule has 5 heteroatoms. The minimum Gasteiger partial charge on any atom is -0.497 e. The molecule has 2 amide bonds. The van der Waals surface area contributed by atoms with Crippen LogP contribution >= 0.6 is 0 Å². The smallest absolute Gasteiger partial charge is 0.227 e. The quantitative estimate of drug-likeness (QED) is 0.136. The van der Waals surface area contributed by atoms with Gasteiger partial charge in [0, 0.05) is 19.5 Å². The van der Waals surface area contributed by atoms with Crippen molar-refractivity contribution < 1.29 is 14.3 Å². The third kappa shape index (κ3) is 14.4. The first-order valence-electron chi connectivity index (χ1n) is 14.9. The fourth-order valence-electron chi connectivity index (χ4n) is 4.17. The highest BCUT2D eigenvalue weighted by atomic mass is 16.5. The standard InChI is InChI=1S/C36H48N2O3/c1-4-5-6-7-8-9-10-11-12-13-14-15-16-17-18-19-20-21-35(39)37-26-27-38-36(40)30(2)31-22-23-33-29-34(41-3)25-24-32(33)28-31/h5-6,8-9,11-12,14-15,17-18,22-25,28-30H,4,7,10,13,16,19-21,26-27H2,1-3H3,(H,37,39)(H,38,40)/b6-5-,9-8-,12-11-,15-14-,18-17-/t30-/m0/s1. The molecule has 1 atom stereocenters. The molecule has 2 aromatic carbocycles. The topological polar surface area (TPSA) is 67.4 Å². The largest absolute Gasteiger partial charge is 0.497 e. The van der Waals surface area contributed by atoms with Gasteiger partial charge in [-0.2, -0.15) is 0 Å². The lowest BCUT2D eigenvalue weighted by Crippen LogP contribution is -2.36. The van der Waals surface area contributed by atoms with Crippen LogP contribution in [0.4, 0.5) is 0 Å². The zero-order valence-electron chi connectivity index (χ0n) is 25.1. The first-order chi connectivity index (χ1) is 20.0. The van der Waals surface area contributed by atoms with Gasteiger partial charge in [0.25, 0.3) is 0 Å². The fourth-order valence-corrected chi connectivity index (χ4v) is 4.17. The van der Waals surface area contributed by atoms with Crippen molar-refractivity contribution in [2.24, 2.45) is 0 Å². The minimum absolute atomic E-state index is 0.0182. The number of hydrogen-bond acceptors (Lipinski definition) is 3. The summed E-state index contributed by atoms with van der Waals surface area (Å²) in [4.78, 5) is 24.7. The highest BCUT2D eigenvalue weighted by Crippen LogP contribution is 2.25. The van der Waals surface area contributed by atoms with Gasteiger partial charge >= 0.3 is 0 Å². The third-order valence-electron chi connectivity index (χ3n) is 6.64. The van der Waals surface area contributed by atoms with Crippen LogP contribution < -0.4 is 15.4 Å². The van der Waals surface area contributed by atoms with Gasteiger partial charge in [-0.1, -0.05) is 91.9 Å². The Kier molecular flexibility index (Phi) is 17.0. The van der Waals surface area contributed by atoms with Crippen LogP contribution in [-0.2, 0) is 9.59 Å². The average molecular weight is 557 g/mol. The minimum atomic E-state index is -0.277. The third-order valence-corrected chi connectivity index (χ3v) is 6.64. The van der Waals surface area contributed by atoms with Crippen LogP contribution in [0.5, 0.6) is 5.75 Å². The zero-order valence-corrected chi connectivity index (χ0v) is 25.1. The van der Waals surface area contributed by atoms with E-state index in [1.165, 1.54) is 0 Å². The number of unbranched alkanes of at least 4 members (excludes halogenated alkanes) is 1. The molecule has 0 aromatic heterocycles. The summed E-state index contributed by atoms with van der Waals surface area (Å²) in [6.07, 6.45) is 29.0. The monoisotopic (exact) mass is 556 g/mol. The Morgan fingerprint density at radius 1 is 0.756 bits per heavy atom. The fraction of sp³-hybridized carbons (Fsp3) is 0.389. The summed E-state index contributed by atoms with van der Waals surface area (Å²) in [6.45, 7) is 4.88. The molecule has 0 radical (unpaired) electrons. The van der Waals surface area contributed by atoms with E-state index in [1.807, 2.05) is 43.3 Å². The number of allylic oxidation sites excluding steroid dienone is 10. The summed E-state index contributed by atoms with van der Waals surface area (Å²) in [6, 6.07) is 11.9. The lowest BCUT2D eigenvalue weighted by atomic mass is 9.97. The summed E-state index contributed by atoms with van der Waals surface area (Å²) in [5.41, 5.74) is 0.958. The van der Waals surface area contributed by atoms with Crippen molar-refractivity contribution in [1.29, 1.82) is 0 Å². The van der Waals surface area contributed by atoms with Gasteiger partial charge in [0.2, 0.25) is 11.8 Å². The lowest BCUT2D eigenvalue weighted by molar-refractivity contribution is -0.123. The van der Waals surface area contributed by atoms with Gasteiger partial charge in [-0.25, -0.2) is 0 Å². The van der Waals surface area contributed by atoms with Gasteiger partial charge < -0.3 is 15.4 Å². The normalized spacial score (nSPS) is 12.9. The zero-order chi connectivity index (χ0) is 29.5. The van der Waals surface area contributed by atoms with E-state index < -0.39 is 0 Å². The van der Waals surface area contributed by atoms with E-state index >= 15 is 0 Å². The van der Waals surface area contributed by atoms with Crippen molar-refractivity contribution in [3.63, 3.8) is 0 Å². The first kappa shape index (κ1) is 33.3. The van der Waals surface area contributed by atoms with Gasteiger partial charge in [0.1, 0.15) is 5.75 Å². The number of rotatable bonds is 19. The number of benzene rings is 2. The number of hydrogen-bond donors (Lipinski definition) is 2. The van der Waals surface area contributed by atoms with Crippen molar-refractivity contribution in [2.75, 3.05) is 20.2 Å². The molecule has 220 valence electrons. The molecule has 0 saturated heterocycles. The van der Waals surface area contributed by atoms with E-state index in [9.17, 15) is 9.59 Å². The molecule has 0 fully saturated rings. The lowest BCUT2D eigenvalue weighted by Gasteiger charge is -2.14. The van der Waals surface area contributed by atoms with Crippen LogP contribution in [0.3, 0.4) is 0 Å². The van der Waals surface area contributed by atoms with Crippen LogP contribution in [0, 0.1) is 0 Å².